The van der Waals surface area contributed by atoms with Gasteiger partial charge in [-0.15, -0.1) is 0 Å². The Kier molecular flexibility index (Phi) is 3.97. The maximum atomic E-state index is 13.5. The van der Waals surface area contributed by atoms with Gasteiger partial charge < -0.3 is 10.4 Å². The molecular weight excluding hydrogens is 236 g/mol. The van der Waals surface area contributed by atoms with Crippen LogP contribution >= 0.6 is 0 Å². The predicted octanol–water partition coefficient (Wildman–Crippen LogP) is 2.92. The smallest absolute Gasteiger partial charge is 0.128 e. The Morgan fingerprint density at radius 2 is 2.00 bits per heavy atom. The second kappa shape index (κ2) is 5.33. The Labute approximate surface area is 106 Å². The minimum atomic E-state index is -0.682. The highest BCUT2D eigenvalue weighted by molar-refractivity contribution is 5.21. The summed E-state index contributed by atoms with van der Waals surface area (Å²) in [5.41, 5.74) is -0.380. The van der Waals surface area contributed by atoms with Crippen molar-refractivity contribution in [3.63, 3.8) is 0 Å². The molecule has 1 aromatic carbocycles. The molecule has 2 rings (SSSR count). The van der Waals surface area contributed by atoms with Crippen LogP contribution in [0.2, 0.25) is 0 Å². The molecule has 4 heteroatoms. The fourth-order valence-electron chi connectivity index (χ4n) is 2.51. The summed E-state index contributed by atoms with van der Waals surface area (Å²) >= 11 is 0. The fraction of sp³-hybridized carbons (Fsp3) is 0.571. The monoisotopic (exact) mass is 255 g/mol. The first kappa shape index (κ1) is 13.4. The van der Waals surface area contributed by atoms with Gasteiger partial charge in [0.05, 0.1) is 5.60 Å². The Balaban J connectivity index is 1.99. The summed E-state index contributed by atoms with van der Waals surface area (Å²) in [5.74, 6) is -0.866. The lowest BCUT2D eigenvalue weighted by molar-refractivity contribution is 0.0452. The van der Waals surface area contributed by atoms with Crippen LogP contribution in [0.5, 0.6) is 0 Å². The van der Waals surface area contributed by atoms with E-state index in [1.165, 1.54) is 6.07 Å². The first-order valence-corrected chi connectivity index (χ1v) is 6.41. The highest BCUT2D eigenvalue weighted by Crippen LogP contribution is 2.29. The minimum absolute atomic E-state index is 0.302. The number of nitrogens with one attached hydrogen (secondary N) is 1. The third-order valence-electron chi connectivity index (χ3n) is 3.70. The Morgan fingerprint density at radius 3 is 2.67 bits per heavy atom. The Morgan fingerprint density at radius 1 is 1.33 bits per heavy atom. The number of benzene rings is 1. The molecule has 18 heavy (non-hydrogen) atoms. The third kappa shape index (κ3) is 3.06. The second-order valence-electron chi connectivity index (χ2n) is 5.20. The van der Waals surface area contributed by atoms with Crippen LogP contribution < -0.4 is 5.32 Å². The van der Waals surface area contributed by atoms with Crippen LogP contribution in [-0.4, -0.2) is 17.3 Å². The Hall–Kier alpha value is -1.00. The summed E-state index contributed by atoms with van der Waals surface area (Å²) in [7, 11) is 0. The van der Waals surface area contributed by atoms with E-state index in [0.717, 1.165) is 37.8 Å². The lowest BCUT2D eigenvalue weighted by Gasteiger charge is -2.25. The number of halogens is 2. The molecule has 0 radical (unpaired) electrons. The molecule has 1 unspecified atom stereocenters. The van der Waals surface area contributed by atoms with Gasteiger partial charge in [0, 0.05) is 18.2 Å². The lowest BCUT2D eigenvalue weighted by Crippen LogP contribution is -2.39. The normalized spacial score (nSPS) is 20.0. The van der Waals surface area contributed by atoms with Gasteiger partial charge in [-0.1, -0.05) is 12.8 Å². The zero-order valence-corrected chi connectivity index (χ0v) is 10.5. The number of hydrogen-bond acceptors (Lipinski definition) is 2. The molecule has 1 aliphatic carbocycles. The van der Waals surface area contributed by atoms with Crippen LogP contribution in [0.1, 0.15) is 44.2 Å². The number of hydrogen-bond donors (Lipinski definition) is 2. The molecule has 2 nitrogen and oxygen atoms in total. The van der Waals surface area contributed by atoms with E-state index in [9.17, 15) is 13.9 Å². The average Bonchev–Trinajstić information content (AvgIpc) is 2.77. The van der Waals surface area contributed by atoms with Gasteiger partial charge in [-0.3, -0.25) is 0 Å². The quantitative estimate of drug-likeness (QED) is 0.867. The van der Waals surface area contributed by atoms with Crippen molar-refractivity contribution in [1.29, 1.82) is 0 Å². The van der Waals surface area contributed by atoms with Crippen molar-refractivity contribution in [2.45, 2.75) is 44.2 Å². The second-order valence-corrected chi connectivity index (χ2v) is 5.20. The maximum absolute atomic E-state index is 13.5. The van der Waals surface area contributed by atoms with Crippen molar-refractivity contribution >= 4 is 0 Å². The summed E-state index contributed by atoms with van der Waals surface area (Å²) in [6.45, 7) is 2.19. The van der Waals surface area contributed by atoms with Gasteiger partial charge in [-0.05, 0) is 38.0 Å². The number of aliphatic hydroxyl groups is 1. The highest BCUT2D eigenvalue weighted by atomic mass is 19.1. The summed E-state index contributed by atoms with van der Waals surface area (Å²) in [6.07, 6.45) is 3.61. The molecule has 0 heterocycles. The predicted molar refractivity (Wildman–Crippen MR) is 66.2 cm³/mol. The van der Waals surface area contributed by atoms with Gasteiger partial charge in [0.25, 0.3) is 0 Å². The molecule has 2 N–H and O–H groups in total. The molecule has 1 aliphatic rings. The summed E-state index contributed by atoms with van der Waals surface area (Å²) in [5, 5.41) is 13.3. The van der Waals surface area contributed by atoms with Crippen LogP contribution in [0.3, 0.4) is 0 Å². The standard InChI is InChI=1S/C14H19F2NO/c1-10(12-8-11(15)4-5-13(12)16)17-9-14(18)6-2-3-7-14/h4-5,8,10,17-18H,2-3,6-7,9H2,1H3. The molecular formula is C14H19F2NO. The molecule has 0 bridgehead atoms. The molecule has 0 spiro atoms. The van der Waals surface area contributed by atoms with Crippen molar-refractivity contribution in [2.75, 3.05) is 6.54 Å². The summed E-state index contributed by atoms with van der Waals surface area (Å²) < 4.78 is 26.6. The molecule has 100 valence electrons. The zero-order valence-electron chi connectivity index (χ0n) is 10.5. The largest absolute Gasteiger partial charge is 0.389 e. The number of rotatable bonds is 4. The Bertz CT molecular complexity index is 416. The third-order valence-corrected chi connectivity index (χ3v) is 3.70. The highest BCUT2D eigenvalue weighted by Gasteiger charge is 2.31. The molecule has 1 fully saturated rings. The average molecular weight is 255 g/mol. The van der Waals surface area contributed by atoms with Gasteiger partial charge in [0.15, 0.2) is 0 Å². The summed E-state index contributed by atoms with van der Waals surface area (Å²) in [4.78, 5) is 0. The van der Waals surface area contributed by atoms with E-state index in [4.69, 9.17) is 0 Å². The van der Waals surface area contributed by atoms with E-state index in [1.54, 1.807) is 6.92 Å². The van der Waals surface area contributed by atoms with Gasteiger partial charge in [0.1, 0.15) is 11.6 Å². The summed E-state index contributed by atoms with van der Waals surface area (Å²) in [6, 6.07) is 3.12. The van der Waals surface area contributed by atoms with E-state index in [1.807, 2.05) is 0 Å². The van der Waals surface area contributed by atoms with Gasteiger partial charge >= 0.3 is 0 Å². The van der Waals surface area contributed by atoms with Crippen molar-refractivity contribution in [2.24, 2.45) is 0 Å². The SMILES string of the molecule is CC(NCC1(O)CCCC1)c1cc(F)ccc1F. The minimum Gasteiger partial charge on any atom is -0.389 e. The molecule has 0 aliphatic heterocycles. The zero-order chi connectivity index (χ0) is 13.2. The van der Waals surface area contributed by atoms with E-state index in [0.29, 0.717) is 12.1 Å². The molecule has 0 aromatic heterocycles. The van der Waals surface area contributed by atoms with Crippen molar-refractivity contribution < 1.29 is 13.9 Å². The first-order valence-electron chi connectivity index (χ1n) is 6.41. The molecule has 0 saturated heterocycles. The topological polar surface area (TPSA) is 32.3 Å². The van der Waals surface area contributed by atoms with Crippen molar-refractivity contribution in [1.82, 2.24) is 5.32 Å². The van der Waals surface area contributed by atoms with E-state index < -0.39 is 17.2 Å². The van der Waals surface area contributed by atoms with E-state index >= 15 is 0 Å². The van der Waals surface area contributed by atoms with Gasteiger partial charge in [0.2, 0.25) is 0 Å². The molecule has 1 atom stereocenters. The van der Waals surface area contributed by atoms with E-state index in [2.05, 4.69) is 5.32 Å². The molecule has 0 amide bonds. The van der Waals surface area contributed by atoms with E-state index in [-0.39, 0.29) is 6.04 Å². The maximum Gasteiger partial charge on any atom is 0.128 e. The first-order chi connectivity index (χ1) is 8.50. The van der Waals surface area contributed by atoms with Gasteiger partial charge in [-0.2, -0.15) is 0 Å². The van der Waals surface area contributed by atoms with Crippen LogP contribution in [0.4, 0.5) is 8.78 Å². The van der Waals surface area contributed by atoms with Crippen LogP contribution in [-0.2, 0) is 0 Å². The molecule has 1 saturated carbocycles. The van der Waals surface area contributed by atoms with Gasteiger partial charge in [-0.25, -0.2) is 8.78 Å². The molecule has 1 aromatic rings. The van der Waals surface area contributed by atoms with Crippen molar-refractivity contribution in [3.8, 4) is 0 Å². The van der Waals surface area contributed by atoms with Crippen LogP contribution in [0.25, 0.3) is 0 Å². The lowest BCUT2D eigenvalue weighted by atomic mass is 10.0. The fourth-order valence-corrected chi connectivity index (χ4v) is 2.51. The van der Waals surface area contributed by atoms with Crippen LogP contribution in [0, 0.1) is 11.6 Å². The van der Waals surface area contributed by atoms with Crippen LogP contribution in [0.15, 0.2) is 18.2 Å². The van der Waals surface area contributed by atoms with Crippen molar-refractivity contribution in [3.05, 3.63) is 35.4 Å².